The van der Waals surface area contributed by atoms with Gasteiger partial charge in [-0.3, -0.25) is 0 Å². The molecular weight excluding hydrogens is 293 g/mol. The number of oxazole rings is 1. The summed E-state index contributed by atoms with van der Waals surface area (Å²) in [4.78, 5) is 15.0. The Kier molecular flexibility index (Phi) is 5.49. The van der Waals surface area contributed by atoms with E-state index in [1.165, 1.54) is 0 Å². The Morgan fingerprint density at radius 3 is 1.95 bits per heavy atom. The molecular formula is C16H10KNO3. The number of hydrogen-bond acceptors (Lipinski definition) is 4. The van der Waals surface area contributed by atoms with E-state index in [1.807, 2.05) is 60.7 Å². The van der Waals surface area contributed by atoms with Crippen LogP contribution in [0.5, 0.6) is 0 Å². The molecule has 1 aromatic heterocycles. The van der Waals surface area contributed by atoms with E-state index in [0.717, 1.165) is 11.1 Å². The van der Waals surface area contributed by atoms with Crippen molar-refractivity contribution in [1.82, 2.24) is 4.98 Å². The average molecular weight is 303 g/mol. The van der Waals surface area contributed by atoms with Crippen molar-refractivity contribution in [2.45, 2.75) is 0 Å². The average Bonchev–Trinajstić information content (AvgIpc) is 2.94. The molecule has 5 heteroatoms. The van der Waals surface area contributed by atoms with Gasteiger partial charge in [-0.2, -0.15) is 0 Å². The van der Waals surface area contributed by atoms with Gasteiger partial charge in [0.05, 0.1) is 0 Å². The van der Waals surface area contributed by atoms with Crippen molar-refractivity contribution in [2.24, 2.45) is 0 Å². The van der Waals surface area contributed by atoms with Gasteiger partial charge in [-0.15, -0.1) is 0 Å². The smallest absolute Gasteiger partial charge is 0.540 e. The van der Waals surface area contributed by atoms with E-state index in [1.54, 1.807) is 0 Å². The standard InChI is InChI=1S/C16H11NO3.K/c18-16(19)15-17-13(11-7-3-1-4-8-11)14(20-15)12-9-5-2-6-10-12;/h1-10H,(H,18,19);/q;+1/p-1. The minimum absolute atomic E-state index is 0. The molecule has 21 heavy (non-hydrogen) atoms. The van der Waals surface area contributed by atoms with Crippen LogP contribution in [0.25, 0.3) is 22.6 Å². The number of hydrogen-bond donors (Lipinski definition) is 0. The minimum Gasteiger partial charge on any atom is -0.540 e. The zero-order valence-electron chi connectivity index (χ0n) is 11.4. The number of aromatic nitrogens is 1. The topological polar surface area (TPSA) is 66.2 Å². The Morgan fingerprint density at radius 2 is 1.43 bits per heavy atom. The maximum Gasteiger partial charge on any atom is 1.00 e. The second-order valence-corrected chi connectivity index (χ2v) is 4.22. The largest absolute Gasteiger partial charge is 1.00 e. The summed E-state index contributed by atoms with van der Waals surface area (Å²) in [5.41, 5.74) is 2.06. The van der Waals surface area contributed by atoms with Crippen LogP contribution < -0.4 is 56.5 Å². The van der Waals surface area contributed by atoms with Crippen LogP contribution in [0, 0.1) is 0 Å². The van der Waals surface area contributed by atoms with Gasteiger partial charge in [-0.05, 0) is 0 Å². The second kappa shape index (κ2) is 7.15. The minimum atomic E-state index is -1.43. The first-order chi connectivity index (χ1) is 9.75. The van der Waals surface area contributed by atoms with Crippen molar-refractivity contribution < 1.29 is 65.7 Å². The maximum absolute atomic E-state index is 11.0. The molecule has 0 N–H and O–H groups in total. The van der Waals surface area contributed by atoms with Gasteiger partial charge in [0, 0.05) is 11.1 Å². The molecule has 98 valence electrons. The third kappa shape index (κ3) is 3.51. The summed E-state index contributed by atoms with van der Waals surface area (Å²) in [5, 5.41) is 11.0. The number of carboxylic acid groups (broad SMARTS) is 1. The quantitative estimate of drug-likeness (QED) is 0.605. The molecule has 4 nitrogen and oxygen atoms in total. The van der Waals surface area contributed by atoms with E-state index in [0.29, 0.717) is 11.5 Å². The number of carbonyl (C=O) groups is 1. The van der Waals surface area contributed by atoms with Crippen LogP contribution in [0.15, 0.2) is 65.1 Å². The summed E-state index contributed by atoms with van der Waals surface area (Å²) < 4.78 is 5.34. The van der Waals surface area contributed by atoms with Gasteiger partial charge in [0.1, 0.15) is 11.7 Å². The first kappa shape index (κ1) is 16.1. The van der Waals surface area contributed by atoms with Crippen LogP contribution >= 0.6 is 0 Å². The molecule has 0 atom stereocenters. The van der Waals surface area contributed by atoms with E-state index < -0.39 is 11.9 Å². The number of rotatable bonds is 3. The first-order valence-corrected chi connectivity index (χ1v) is 6.09. The molecule has 0 aliphatic heterocycles. The Morgan fingerprint density at radius 1 is 0.905 bits per heavy atom. The summed E-state index contributed by atoms with van der Waals surface area (Å²) in [6.45, 7) is 0. The van der Waals surface area contributed by atoms with Gasteiger partial charge in [0.25, 0.3) is 0 Å². The van der Waals surface area contributed by atoms with E-state index in [9.17, 15) is 9.90 Å². The summed E-state index contributed by atoms with van der Waals surface area (Å²) in [6.07, 6.45) is 0. The van der Waals surface area contributed by atoms with Crippen molar-refractivity contribution in [3.05, 3.63) is 66.6 Å². The Labute approximate surface area is 164 Å². The molecule has 0 aliphatic rings. The molecule has 0 unspecified atom stereocenters. The molecule has 0 spiro atoms. The predicted octanol–water partition coefficient (Wildman–Crippen LogP) is -0.624. The van der Waals surface area contributed by atoms with Crippen molar-refractivity contribution in [3.63, 3.8) is 0 Å². The molecule has 0 fully saturated rings. The number of benzene rings is 2. The maximum atomic E-state index is 11.0. The first-order valence-electron chi connectivity index (χ1n) is 6.09. The molecule has 3 rings (SSSR count). The molecule has 3 aromatic rings. The predicted molar refractivity (Wildman–Crippen MR) is 71.7 cm³/mol. The van der Waals surface area contributed by atoms with Crippen molar-refractivity contribution in [1.29, 1.82) is 0 Å². The monoisotopic (exact) mass is 303 g/mol. The van der Waals surface area contributed by atoms with Gasteiger partial charge in [0.15, 0.2) is 5.76 Å². The second-order valence-electron chi connectivity index (χ2n) is 4.22. The summed E-state index contributed by atoms with van der Waals surface area (Å²) in [5.74, 6) is -1.41. The van der Waals surface area contributed by atoms with Gasteiger partial charge in [-0.25, -0.2) is 4.98 Å². The molecule has 1 heterocycles. The van der Waals surface area contributed by atoms with E-state index >= 15 is 0 Å². The Bertz CT molecular complexity index is 682. The fraction of sp³-hybridized carbons (Fsp3) is 0. The van der Waals surface area contributed by atoms with Crippen LogP contribution in [0.2, 0.25) is 0 Å². The summed E-state index contributed by atoms with van der Waals surface area (Å²) >= 11 is 0. The molecule has 0 aliphatic carbocycles. The third-order valence-corrected chi connectivity index (χ3v) is 2.88. The van der Waals surface area contributed by atoms with Crippen molar-refractivity contribution in [2.75, 3.05) is 0 Å². The molecule has 0 saturated carbocycles. The molecule has 0 amide bonds. The van der Waals surface area contributed by atoms with Crippen LogP contribution in [0.3, 0.4) is 0 Å². The number of nitrogens with zero attached hydrogens (tertiary/aromatic N) is 1. The van der Waals surface area contributed by atoms with E-state index in [2.05, 4.69) is 4.98 Å². The van der Waals surface area contributed by atoms with Gasteiger partial charge in [-0.1, -0.05) is 60.7 Å². The summed E-state index contributed by atoms with van der Waals surface area (Å²) in [7, 11) is 0. The van der Waals surface area contributed by atoms with E-state index in [-0.39, 0.29) is 51.4 Å². The van der Waals surface area contributed by atoms with Crippen LogP contribution in [0.1, 0.15) is 10.7 Å². The zero-order valence-corrected chi connectivity index (χ0v) is 14.6. The van der Waals surface area contributed by atoms with Gasteiger partial charge in [0.2, 0.25) is 5.89 Å². The van der Waals surface area contributed by atoms with Crippen molar-refractivity contribution in [3.8, 4) is 22.6 Å². The van der Waals surface area contributed by atoms with Crippen molar-refractivity contribution >= 4 is 5.97 Å². The normalized spacial score (nSPS) is 9.90. The Balaban J connectivity index is 0.00000161. The zero-order chi connectivity index (χ0) is 13.9. The molecule has 2 aromatic carbocycles. The van der Waals surface area contributed by atoms with Crippen LogP contribution in [-0.4, -0.2) is 11.0 Å². The molecule has 0 radical (unpaired) electrons. The Hall–Kier alpha value is -1.24. The number of aromatic carboxylic acids is 1. The van der Waals surface area contributed by atoms with Crippen LogP contribution in [-0.2, 0) is 0 Å². The number of carbonyl (C=O) groups excluding carboxylic acids is 1. The van der Waals surface area contributed by atoms with Gasteiger partial charge >= 0.3 is 51.4 Å². The fourth-order valence-corrected chi connectivity index (χ4v) is 1.98. The van der Waals surface area contributed by atoms with Crippen LogP contribution in [0.4, 0.5) is 0 Å². The molecule has 0 saturated heterocycles. The number of carboxylic acids is 1. The fourth-order valence-electron chi connectivity index (χ4n) is 1.98. The summed E-state index contributed by atoms with van der Waals surface area (Å²) in [6, 6.07) is 18.6. The SMILES string of the molecule is O=C([O-])c1nc(-c2ccccc2)c(-c2ccccc2)o1.[K+]. The third-order valence-electron chi connectivity index (χ3n) is 2.88. The molecule has 0 bridgehead atoms. The van der Waals surface area contributed by atoms with Gasteiger partial charge < -0.3 is 14.3 Å². The van der Waals surface area contributed by atoms with E-state index in [4.69, 9.17) is 4.42 Å².